The van der Waals surface area contributed by atoms with Gasteiger partial charge in [-0.1, -0.05) is 54.6 Å². The number of amidine groups is 1. The summed E-state index contributed by atoms with van der Waals surface area (Å²) in [6.07, 6.45) is 3.68. The highest BCUT2D eigenvalue weighted by atomic mass is 35.5. The molecule has 0 spiro atoms. The molecule has 0 radical (unpaired) electrons. The van der Waals surface area contributed by atoms with Gasteiger partial charge in [-0.15, -0.1) is 12.4 Å². The molecule has 2 rings (SSSR count). The summed E-state index contributed by atoms with van der Waals surface area (Å²) in [5.41, 5.74) is 2.14. The molecule has 0 atom stereocenters. The molecule has 0 aliphatic carbocycles. The average molecular weight is 317 g/mol. The minimum absolute atomic E-state index is 0. The first-order valence-corrected chi connectivity index (χ1v) is 7.06. The number of benzene rings is 2. The summed E-state index contributed by atoms with van der Waals surface area (Å²) < 4.78 is 5.57. The molecule has 2 aromatic rings. The normalized spacial score (nSPS) is 10.0. The Labute approximate surface area is 137 Å². The molecule has 0 saturated heterocycles. The molecule has 2 aromatic carbocycles. The Kier molecular flexibility index (Phi) is 7.79. The third kappa shape index (κ3) is 5.62. The van der Waals surface area contributed by atoms with Crippen molar-refractivity contribution >= 4 is 24.3 Å². The fourth-order valence-corrected chi connectivity index (χ4v) is 1.94. The number of rotatable bonds is 6. The van der Waals surface area contributed by atoms with Crippen molar-refractivity contribution in [3.8, 4) is 5.75 Å². The van der Waals surface area contributed by atoms with Crippen LogP contribution in [0.3, 0.4) is 0 Å². The largest absolute Gasteiger partial charge is 0.494 e. The lowest BCUT2D eigenvalue weighted by Gasteiger charge is -2.10. The van der Waals surface area contributed by atoms with Gasteiger partial charge in [-0.3, -0.25) is 5.41 Å². The molecule has 0 heterocycles. The SMILES string of the molecule is CCOc1ccccc1CNC(=N)/C=C/c1ccccc1.Cl. The summed E-state index contributed by atoms with van der Waals surface area (Å²) in [6, 6.07) is 17.8. The van der Waals surface area contributed by atoms with E-state index in [9.17, 15) is 0 Å². The molecule has 116 valence electrons. The number of para-hydroxylation sites is 1. The van der Waals surface area contributed by atoms with E-state index in [-0.39, 0.29) is 12.4 Å². The molecule has 0 saturated carbocycles. The second-order valence-electron chi connectivity index (χ2n) is 4.55. The van der Waals surface area contributed by atoms with E-state index in [4.69, 9.17) is 10.1 Å². The minimum Gasteiger partial charge on any atom is -0.494 e. The predicted molar refractivity (Wildman–Crippen MR) is 94.9 cm³/mol. The van der Waals surface area contributed by atoms with Crippen molar-refractivity contribution in [1.29, 1.82) is 5.41 Å². The number of ether oxygens (including phenoxy) is 1. The molecule has 3 nitrogen and oxygen atoms in total. The summed E-state index contributed by atoms with van der Waals surface area (Å²) in [6.45, 7) is 3.19. The van der Waals surface area contributed by atoms with Crippen LogP contribution in [0.5, 0.6) is 5.75 Å². The molecule has 0 unspecified atom stereocenters. The number of halogens is 1. The topological polar surface area (TPSA) is 45.1 Å². The van der Waals surface area contributed by atoms with Crippen molar-refractivity contribution in [2.75, 3.05) is 6.61 Å². The molecule has 0 aromatic heterocycles. The van der Waals surface area contributed by atoms with Crippen LogP contribution in [-0.4, -0.2) is 12.4 Å². The Balaban J connectivity index is 0.00000242. The number of hydrogen-bond donors (Lipinski definition) is 2. The van der Waals surface area contributed by atoms with Crippen molar-refractivity contribution in [3.05, 3.63) is 71.8 Å². The van der Waals surface area contributed by atoms with E-state index in [2.05, 4.69) is 5.32 Å². The van der Waals surface area contributed by atoms with Gasteiger partial charge in [-0.05, 0) is 24.6 Å². The highest BCUT2D eigenvalue weighted by Gasteiger charge is 2.02. The minimum atomic E-state index is 0. The third-order valence-electron chi connectivity index (χ3n) is 2.98. The van der Waals surface area contributed by atoms with Crippen LogP contribution in [-0.2, 0) is 6.54 Å². The van der Waals surface area contributed by atoms with Gasteiger partial charge in [0.05, 0.1) is 6.61 Å². The van der Waals surface area contributed by atoms with Gasteiger partial charge in [0.25, 0.3) is 0 Å². The predicted octanol–water partition coefficient (Wildman–Crippen LogP) is 4.29. The summed E-state index contributed by atoms with van der Waals surface area (Å²) in [5.74, 6) is 1.25. The summed E-state index contributed by atoms with van der Waals surface area (Å²) in [4.78, 5) is 0. The Morgan fingerprint density at radius 2 is 1.77 bits per heavy atom. The van der Waals surface area contributed by atoms with Crippen LogP contribution in [0.4, 0.5) is 0 Å². The Hall–Kier alpha value is -2.26. The highest BCUT2D eigenvalue weighted by molar-refractivity contribution is 5.93. The molecular weight excluding hydrogens is 296 g/mol. The van der Waals surface area contributed by atoms with E-state index in [1.807, 2.05) is 67.6 Å². The van der Waals surface area contributed by atoms with E-state index in [0.29, 0.717) is 19.0 Å². The maximum absolute atomic E-state index is 7.92. The van der Waals surface area contributed by atoms with Gasteiger partial charge >= 0.3 is 0 Å². The molecule has 0 amide bonds. The Morgan fingerprint density at radius 3 is 2.50 bits per heavy atom. The van der Waals surface area contributed by atoms with Crippen LogP contribution in [0.1, 0.15) is 18.1 Å². The lowest BCUT2D eigenvalue weighted by atomic mass is 10.2. The van der Waals surface area contributed by atoms with Crippen LogP contribution >= 0.6 is 12.4 Å². The van der Waals surface area contributed by atoms with Crippen molar-refractivity contribution < 1.29 is 4.74 Å². The quantitative estimate of drug-likeness (QED) is 0.617. The zero-order chi connectivity index (χ0) is 14.9. The van der Waals surface area contributed by atoms with Crippen LogP contribution in [0.15, 0.2) is 60.7 Å². The molecule has 0 aliphatic heterocycles. The highest BCUT2D eigenvalue weighted by Crippen LogP contribution is 2.17. The molecule has 0 aliphatic rings. The number of hydrogen-bond acceptors (Lipinski definition) is 2. The van der Waals surface area contributed by atoms with Gasteiger partial charge in [-0.2, -0.15) is 0 Å². The van der Waals surface area contributed by atoms with Crippen LogP contribution in [0.2, 0.25) is 0 Å². The van der Waals surface area contributed by atoms with E-state index >= 15 is 0 Å². The van der Waals surface area contributed by atoms with E-state index in [1.54, 1.807) is 6.08 Å². The molecule has 22 heavy (non-hydrogen) atoms. The van der Waals surface area contributed by atoms with Gasteiger partial charge in [0.1, 0.15) is 11.6 Å². The van der Waals surface area contributed by atoms with Crippen molar-refractivity contribution in [3.63, 3.8) is 0 Å². The lowest BCUT2D eigenvalue weighted by molar-refractivity contribution is 0.336. The fraction of sp³-hybridized carbons (Fsp3) is 0.167. The van der Waals surface area contributed by atoms with Crippen molar-refractivity contribution in [1.82, 2.24) is 5.32 Å². The molecule has 0 fully saturated rings. The maximum atomic E-state index is 7.92. The van der Waals surface area contributed by atoms with Crippen molar-refractivity contribution in [2.45, 2.75) is 13.5 Å². The smallest absolute Gasteiger partial charge is 0.124 e. The molecule has 4 heteroatoms. The summed E-state index contributed by atoms with van der Waals surface area (Å²) >= 11 is 0. The maximum Gasteiger partial charge on any atom is 0.124 e. The fourth-order valence-electron chi connectivity index (χ4n) is 1.94. The second-order valence-corrected chi connectivity index (χ2v) is 4.55. The van der Waals surface area contributed by atoms with Gasteiger partial charge < -0.3 is 10.1 Å². The van der Waals surface area contributed by atoms with E-state index in [1.165, 1.54) is 0 Å². The molecule has 0 bridgehead atoms. The van der Waals surface area contributed by atoms with Gasteiger partial charge in [-0.25, -0.2) is 0 Å². The molecular formula is C18H21ClN2O. The first kappa shape index (κ1) is 17.8. The first-order valence-electron chi connectivity index (χ1n) is 7.06. The zero-order valence-corrected chi connectivity index (χ0v) is 13.4. The zero-order valence-electron chi connectivity index (χ0n) is 12.6. The van der Waals surface area contributed by atoms with Crippen LogP contribution < -0.4 is 10.1 Å². The van der Waals surface area contributed by atoms with Gasteiger partial charge in [0.2, 0.25) is 0 Å². The second kappa shape index (κ2) is 9.64. The summed E-state index contributed by atoms with van der Waals surface area (Å²) in [7, 11) is 0. The van der Waals surface area contributed by atoms with Gasteiger partial charge in [0.15, 0.2) is 0 Å². The Morgan fingerprint density at radius 1 is 1.09 bits per heavy atom. The first-order chi connectivity index (χ1) is 10.3. The average Bonchev–Trinajstić information content (AvgIpc) is 2.53. The van der Waals surface area contributed by atoms with Gasteiger partial charge in [0, 0.05) is 12.1 Å². The Bertz CT molecular complexity index is 611. The standard InChI is InChI=1S/C18H20N2O.ClH/c1-2-21-17-11-7-6-10-16(17)14-20-18(19)13-12-15-8-4-3-5-9-15;/h3-13H,2,14H2,1H3,(H2,19,20);1H/b13-12+;. The van der Waals surface area contributed by atoms with Crippen LogP contribution in [0.25, 0.3) is 6.08 Å². The third-order valence-corrected chi connectivity index (χ3v) is 2.98. The van der Waals surface area contributed by atoms with Crippen molar-refractivity contribution in [2.24, 2.45) is 0 Å². The lowest BCUT2D eigenvalue weighted by Crippen LogP contribution is -2.20. The van der Waals surface area contributed by atoms with E-state index in [0.717, 1.165) is 16.9 Å². The summed E-state index contributed by atoms with van der Waals surface area (Å²) in [5, 5.41) is 11.0. The monoisotopic (exact) mass is 316 g/mol. The molecule has 2 N–H and O–H groups in total. The van der Waals surface area contributed by atoms with E-state index < -0.39 is 0 Å². The van der Waals surface area contributed by atoms with Crippen LogP contribution in [0, 0.1) is 5.41 Å². The number of nitrogens with one attached hydrogen (secondary N) is 2.